The minimum absolute atomic E-state index is 0.00475. The smallest absolute Gasteiger partial charge is 0.202 e. The molecule has 3 rings (SSSR count). The van der Waals surface area contributed by atoms with Crippen LogP contribution in [0.1, 0.15) is 37.4 Å². The first-order valence-electron chi connectivity index (χ1n) is 6.42. The van der Waals surface area contributed by atoms with Gasteiger partial charge < -0.3 is 20.1 Å². The van der Waals surface area contributed by atoms with Crippen LogP contribution in [0, 0.1) is 6.92 Å². The molecule has 0 saturated carbocycles. The molecule has 0 aliphatic heterocycles. The van der Waals surface area contributed by atoms with Gasteiger partial charge in [-0.25, -0.2) is 0 Å². The quantitative estimate of drug-likeness (QED) is 0.593. The summed E-state index contributed by atoms with van der Waals surface area (Å²) in [5, 5.41) is 30.1. The maximum absolute atomic E-state index is 12.6. The molecular formula is C16H12O6. The molecule has 0 radical (unpaired) electrons. The van der Waals surface area contributed by atoms with Crippen LogP contribution in [0.3, 0.4) is 0 Å². The Morgan fingerprint density at radius 1 is 0.864 bits per heavy atom. The zero-order valence-corrected chi connectivity index (χ0v) is 11.8. The van der Waals surface area contributed by atoms with Crippen LogP contribution in [0.2, 0.25) is 0 Å². The van der Waals surface area contributed by atoms with Gasteiger partial charge in [0.1, 0.15) is 11.5 Å². The minimum Gasteiger partial charge on any atom is -0.507 e. The van der Waals surface area contributed by atoms with Gasteiger partial charge in [-0.3, -0.25) is 9.59 Å². The summed E-state index contributed by atoms with van der Waals surface area (Å²) in [6.07, 6.45) is 0. The number of ether oxygens (including phenoxy) is 1. The van der Waals surface area contributed by atoms with Gasteiger partial charge >= 0.3 is 0 Å². The highest BCUT2D eigenvalue weighted by Crippen LogP contribution is 2.44. The third kappa shape index (κ3) is 1.67. The van der Waals surface area contributed by atoms with Crippen molar-refractivity contribution >= 4 is 11.6 Å². The Balaban J connectivity index is 2.41. The van der Waals surface area contributed by atoms with E-state index in [4.69, 9.17) is 4.74 Å². The van der Waals surface area contributed by atoms with Crippen LogP contribution in [0.25, 0.3) is 0 Å². The average molecular weight is 300 g/mol. The Morgan fingerprint density at radius 2 is 1.50 bits per heavy atom. The Bertz CT molecular complexity index is 850. The second-order valence-corrected chi connectivity index (χ2v) is 5.06. The molecule has 3 N–H and O–H groups in total. The van der Waals surface area contributed by atoms with Gasteiger partial charge in [0.25, 0.3) is 0 Å². The molecule has 2 aromatic rings. The van der Waals surface area contributed by atoms with Crippen LogP contribution >= 0.6 is 0 Å². The number of aryl methyl sites for hydroxylation is 1. The zero-order valence-electron chi connectivity index (χ0n) is 11.8. The number of ketones is 2. The number of carbonyl (C=O) groups excluding carboxylic acids is 2. The lowest BCUT2D eigenvalue weighted by Crippen LogP contribution is -2.22. The van der Waals surface area contributed by atoms with Crippen LogP contribution in [-0.2, 0) is 0 Å². The van der Waals surface area contributed by atoms with Crippen LogP contribution in [0.15, 0.2) is 18.2 Å². The number of hydrogen-bond acceptors (Lipinski definition) is 6. The van der Waals surface area contributed by atoms with E-state index in [-0.39, 0.29) is 33.8 Å². The summed E-state index contributed by atoms with van der Waals surface area (Å²) in [6, 6.07) is 3.88. The van der Waals surface area contributed by atoms with E-state index in [0.717, 1.165) is 6.07 Å². The van der Waals surface area contributed by atoms with Crippen molar-refractivity contribution in [2.75, 3.05) is 7.11 Å². The summed E-state index contributed by atoms with van der Waals surface area (Å²) in [4.78, 5) is 25.1. The SMILES string of the molecule is COc1cc(O)c2c(c1O)C(=O)c1c(O)cc(C)cc1C2=O. The van der Waals surface area contributed by atoms with Gasteiger partial charge in [0.2, 0.25) is 5.78 Å². The molecule has 0 heterocycles. The van der Waals surface area contributed by atoms with Crippen LogP contribution in [-0.4, -0.2) is 34.0 Å². The summed E-state index contributed by atoms with van der Waals surface area (Å²) in [6.45, 7) is 1.67. The molecule has 2 aromatic carbocycles. The molecule has 0 bridgehead atoms. The predicted molar refractivity (Wildman–Crippen MR) is 76.0 cm³/mol. The molecule has 0 atom stereocenters. The van der Waals surface area contributed by atoms with E-state index in [0.29, 0.717) is 5.56 Å². The molecule has 0 aromatic heterocycles. The number of carbonyl (C=O) groups is 2. The molecule has 0 fully saturated rings. The van der Waals surface area contributed by atoms with Gasteiger partial charge in [-0.15, -0.1) is 0 Å². The molecule has 1 aliphatic carbocycles. The van der Waals surface area contributed by atoms with E-state index in [1.165, 1.54) is 19.2 Å². The zero-order chi connectivity index (χ0) is 16.2. The van der Waals surface area contributed by atoms with Gasteiger partial charge in [0.05, 0.1) is 23.8 Å². The summed E-state index contributed by atoms with van der Waals surface area (Å²) < 4.78 is 4.88. The van der Waals surface area contributed by atoms with Gasteiger partial charge in [-0.2, -0.15) is 0 Å². The first kappa shape index (κ1) is 13.9. The van der Waals surface area contributed by atoms with Crippen molar-refractivity contribution in [3.05, 3.63) is 46.0 Å². The Kier molecular flexibility index (Phi) is 2.84. The van der Waals surface area contributed by atoms with Crippen molar-refractivity contribution in [3.63, 3.8) is 0 Å². The monoisotopic (exact) mass is 300 g/mol. The lowest BCUT2D eigenvalue weighted by atomic mass is 9.81. The van der Waals surface area contributed by atoms with Crippen molar-refractivity contribution in [2.24, 2.45) is 0 Å². The lowest BCUT2D eigenvalue weighted by Gasteiger charge is -2.21. The van der Waals surface area contributed by atoms with E-state index < -0.39 is 23.1 Å². The van der Waals surface area contributed by atoms with Crippen molar-refractivity contribution in [3.8, 4) is 23.0 Å². The number of rotatable bonds is 1. The topological polar surface area (TPSA) is 104 Å². The fraction of sp³-hybridized carbons (Fsp3) is 0.125. The maximum Gasteiger partial charge on any atom is 0.202 e. The molecule has 1 aliphatic rings. The van der Waals surface area contributed by atoms with E-state index in [9.17, 15) is 24.9 Å². The minimum atomic E-state index is -0.742. The van der Waals surface area contributed by atoms with Crippen LogP contribution in [0.5, 0.6) is 23.0 Å². The van der Waals surface area contributed by atoms with E-state index in [1.807, 2.05) is 0 Å². The number of aromatic hydroxyl groups is 3. The summed E-state index contributed by atoms with van der Waals surface area (Å²) >= 11 is 0. The second-order valence-electron chi connectivity index (χ2n) is 5.06. The highest BCUT2D eigenvalue weighted by Gasteiger charge is 2.37. The Morgan fingerprint density at radius 3 is 2.14 bits per heavy atom. The molecular weight excluding hydrogens is 288 g/mol. The summed E-state index contributed by atoms with van der Waals surface area (Å²) in [5.74, 6) is -2.87. The summed E-state index contributed by atoms with van der Waals surface area (Å²) in [5.41, 5.74) is -0.256. The van der Waals surface area contributed by atoms with Crippen molar-refractivity contribution in [1.29, 1.82) is 0 Å². The third-order valence-electron chi connectivity index (χ3n) is 3.65. The first-order chi connectivity index (χ1) is 10.4. The molecule has 6 heteroatoms. The lowest BCUT2D eigenvalue weighted by molar-refractivity contribution is 0.0971. The molecule has 112 valence electrons. The highest BCUT2D eigenvalue weighted by atomic mass is 16.5. The number of fused-ring (bicyclic) bond motifs is 2. The van der Waals surface area contributed by atoms with Gasteiger partial charge in [-0.05, 0) is 24.6 Å². The molecule has 6 nitrogen and oxygen atoms in total. The fourth-order valence-electron chi connectivity index (χ4n) is 2.69. The maximum atomic E-state index is 12.6. The van der Waals surface area contributed by atoms with E-state index in [2.05, 4.69) is 0 Å². The van der Waals surface area contributed by atoms with E-state index in [1.54, 1.807) is 6.92 Å². The van der Waals surface area contributed by atoms with Crippen molar-refractivity contribution < 1.29 is 29.6 Å². The highest BCUT2D eigenvalue weighted by molar-refractivity contribution is 6.31. The normalized spacial score (nSPS) is 12.8. The molecule has 22 heavy (non-hydrogen) atoms. The van der Waals surface area contributed by atoms with Crippen LogP contribution in [0.4, 0.5) is 0 Å². The van der Waals surface area contributed by atoms with Gasteiger partial charge in [0.15, 0.2) is 17.3 Å². The molecule has 0 amide bonds. The molecule has 0 spiro atoms. The first-order valence-corrected chi connectivity index (χ1v) is 6.42. The third-order valence-corrected chi connectivity index (χ3v) is 3.65. The van der Waals surface area contributed by atoms with E-state index >= 15 is 0 Å². The van der Waals surface area contributed by atoms with Gasteiger partial charge in [0, 0.05) is 11.6 Å². The largest absolute Gasteiger partial charge is 0.507 e. The van der Waals surface area contributed by atoms with Crippen molar-refractivity contribution in [2.45, 2.75) is 6.92 Å². The Labute approximate surface area is 125 Å². The van der Waals surface area contributed by atoms with Crippen LogP contribution < -0.4 is 4.74 Å². The number of methoxy groups -OCH3 is 1. The predicted octanol–water partition coefficient (Wildman–Crippen LogP) is 1.90. The number of phenols is 3. The standard InChI is InChI=1S/C16H12O6/c1-6-3-7-11(8(17)4-6)16(21)13-12(14(7)19)9(18)5-10(22-2)15(13)20/h3-5,17-18,20H,1-2H3. The van der Waals surface area contributed by atoms with Gasteiger partial charge in [-0.1, -0.05) is 0 Å². The summed E-state index contributed by atoms with van der Waals surface area (Å²) in [7, 11) is 1.25. The number of benzene rings is 2. The fourth-order valence-corrected chi connectivity index (χ4v) is 2.69. The van der Waals surface area contributed by atoms with Crippen molar-refractivity contribution in [1.82, 2.24) is 0 Å². The second kappa shape index (κ2) is 4.49. The Hall–Kier alpha value is -3.02. The molecule has 0 saturated heterocycles. The number of hydrogen-bond donors (Lipinski definition) is 3. The number of phenolic OH excluding ortho intramolecular Hbond substituents is 3. The molecule has 0 unspecified atom stereocenters. The average Bonchev–Trinajstić information content (AvgIpc) is 2.45.